The van der Waals surface area contributed by atoms with E-state index in [1.165, 1.54) is 43.2 Å². The molecule has 0 aliphatic heterocycles. The molecule has 126 valence electrons. The molecule has 0 amide bonds. The minimum absolute atomic E-state index is 0.103. The summed E-state index contributed by atoms with van der Waals surface area (Å²) in [6, 6.07) is 17.1. The van der Waals surface area contributed by atoms with E-state index < -0.39 is 0 Å². The first-order chi connectivity index (χ1) is 11.6. The van der Waals surface area contributed by atoms with Gasteiger partial charge in [-0.1, -0.05) is 50.1 Å². The zero-order chi connectivity index (χ0) is 17.0. The largest absolute Gasteiger partial charge is 0.497 e. The molecule has 0 N–H and O–H groups in total. The number of allylic oxidation sites excluding steroid dienone is 1. The molecule has 0 spiro atoms. The molecule has 3 rings (SSSR count). The SMILES string of the molecule is C=C(C)Oc1ccc(C2(c3ccc(OC)cc3)CCCCC2)cc1. The predicted molar refractivity (Wildman–Crippen MR) is 98.7 cm³/mol. The van der Waals surface area contributed by atoms with Crippen LogP contribution in [0.5, 0.6) is 11.5 Å². The minimum atomic E-state index is 0.103. The Morgan fingerprint density at radius 3 is 1.79 bits per heavy atom. The average Bonchev–Trinajstić information content (AvgIpc) is 2.62. The van der Waals surface area contributed by atoms with Crippen molar-refractivity contribution in [3.63, 3.8) is 0 Å². The van der Waals surface area contributed by atoms with E-state index in [0.717, 1.165) is 11.5 Å². The van der Waals surface area contributed by atoms with Crippen LogP contribution in [0.25, 0.3) is 0 Å². The molecule has 2 aromatic carbocycles. The molecule has 0 aromatic heterocycles. The Bertz CT molecular complexity index is 677. The number of ether oxygens (including phenoxy) is 2. The third kappa shape index (κ3) is 3.33. The van der Waals surface area contributed by atoms with Crippen molar-refractivity contribution in [3.05, 3.63) is 72.0 Å². The first kappa shape index (κ1) is 16.6. The minimum Gasteiger partial charge on any atom is -0.497 e. The first-order valence-corrected chi connectivity index (χ1v) is 8.72. The molecule has 0 atom stereocenters. The summed E-state index contributed by atoms with van der Waals surface area (Å²) in [6.45, 7) is 5.68. The summed E-state index contributed by atoms with van der Waals surface area (Å²) >= 11 is 0. The molecule has 0 radical (unpaired) electrons. The summed E-state index contributed by atoms with van der Waals surface area (Å²) in [4.78, 5) is 0. The molecule has 1 saturated carbocycles. The fraction of sp³-hybridized carbons (Fsp3) is 0.364. The van der Waals surface area contributed by atoms with Gasteiger partial charge >= 0.3 is 0 Å². The fourth-order valence-electron chi connectivity index (χ4n) is 3.85. The average molecular weight is 322 g/mol. The van der Waals surface area contributed by atoms with Crippen LogP contribution in [-0.4, -0.2) is 7.11 Å². The molecular formula is C22H26O2. The van der Waals surface area contributed by atoms with Crippen molar-refractivity contribution in [2.45, 2.75) is 44.4 Å². The maximum atomic E-state index is 5.61. The van der Waals surface area contributed by atoms with Crippen molar-refractivity contribution in [1.29, 1.82) is 0 Å². The topological polar surface area (TPSA) is 18.5 Å². The molecule has 1 aliphatic carbocycles. The maximum absolute atomic E-state index is 5.61. The van der Waals surface area contributed by atoms with E-state index in [1.54, 1.807) is 7.11 Å². The van der Waals surface area contributed by atoms with E-state index in [1.807, 2.05) is 6.92 Å². The van der Waals surface area contributed by atoms with Crippen molar-refractivity contribution in [2.75, 3.05) is 7.11 Å². The van der Waals surface area contributed by atoms with Crippen molar-refractivity contribution in [3.8, 4) is 11.5 Å². The van der Waals surface area contributed by atoms with E-state index >= 15 is 0 Å². The Morgan fingerprint density at radius 2 is 1.33 bits per heavy atom. The van der Waals surface area contributed by atoms with Crippen molar-refractivity contribution < 1.29 is 9.47 Å². The van der Waals surface area contributed by atoms with Crippen LogP contribution in [0, 0.1) is 0 Å². The Balaban J connectivity index is 1.97. The van der Waals surface area contributed by atoms with Crippen LogP contribution in [0.1, 0.15) is 50.2 Å². The highest BCUT2D eigenvalue weighted by molar-refractivity contribution is 5.43. The predicted octanol–water partition coefficient (Wildman–Crippen LogP) is 5.86. The van der Waals surface area contributed by atoms with Gasteiger partial charge in [-0.25, -0.2) is 0 Å². The molecule has 2 heteroatoms. The highest BCUT2D eigenvalue weighted by Crippen LogP contribution is 2.45. The summed E-state index contributed by atoms with van der Waals surface area (Å²) in [7, 11) is 1.71. The molecule has 2 aromatic rings. The second kappa shape index (κ2) is 7.12. The second-order valence-electron chi connectivity index (χ2n) is 6.70. The molecule has 1 aliphatic rings. The Morgan fingerprint density at radius 1 is 0.833 bits per heavy atom. The Labute approximate surface area is 145 Å². The van der Waals surface area contributed by atoms with E-state index in [0.29, 0.717) is 5.76 Å². The standard InChI is InChI=1S/C22H26O2/c1-17(2)24-21-13-9-19(10-14-21)22(15-5-4-6-16-22)18-7-11-20(23-3)12-8-18/h7-14H,1,4-6,15-16H2,2-3H3. The molecular weight excluding hydrogens is 296 g/mol. The lowest BCUT2D eigenvalue weighted by molar-refractivity contribution is 0.344. The fourth-order valence-corrected chi connectivity index (χ4v) is 3.85. The van der Waals surface area contributed by atoms with Gasteiger partial charge in [-0.15, -0.1) is 0 Å². The van der Waals surface area contributed by atoms with E-state index in [4.69, 9.17) is 9.47 Å². The van der Waals surface area contributed by atoms with Gasteiger partial charge < -0.3 is 9.47 Å². The molecule has 24 heavy (non-hydrogen) atoms. The third-order valence-electron chi connectivity index (χ3n) is 5.05. The van der Waals surface area contributed by atoms with Gasteiger partial charge in [-0.2, -0.15) is 0 Å². The van der Waals surface area contributed by atoms with Crippen LogP contribution >= 0.6 is 0 Å². The van der Waals surface area contributed by atoms with Crippen LogP contribution in [0.2, 0.25) is 0 Å². The normalized spacial score (nSPS) is 16.4. The highest BCUT2D eigenvalue weighted by atomic mass is 16.5. The zero-order valence-corrected chi connectivity index (χ0v) is 14.7. The van der Waals surface area contributed by atoms with Crippen LogP contribution < -0.4 is 9.47 Å². The molecule has 2 nitrogen and oxygen atoms in total. The Kier molecular flexibility index (Phi) is 4.94. The molecule has 0 bridgehead atoms. The van der Waals surface area contributed by atoms with Gasteiger partial charge in [-0.3, -0.25) is 0 Å². The lowest BCUT2D eigenvalue weighted by Gasteiger charge is -2.38. The summed E-state index contributed by atoms with van der Waals surface area (Å²) in [5.41, 5.74) is 2.87. The highest BCUT2D eigenvalue weighted by Gasteiger charge is 2.35. The zero-order valence-electron chi connectivity index (χ0n) is 14.7. The summed E-state index contributed by atoms with van der Waals surface area (Å²) in [5.74, 6) is 2.48. The molecule has 0 unspecified atom stereocenters. The van der Waals surface area contributed by atoms with Gasteiger partial charge in [0.25, 0.3) is 0 Å². The quantitative estimate of drug-likeness (QED) is 0.642. The Hall–Kier alpha value is -2.22. The lowest BCUT2D eigenvalue weighted by atomic mass is 9.65. The van der Waals surface area contributed by atoms with Crippen LogP contribution in [0.4, 0.5) is 0 Å². The summed E-state index contributed by atoms with van der Waals surface area (Å²) < 4.78 is 10.9. The lowest BCUT2D eigenvalue weighted by Crippen LogP contribution is -2.30. The monoisotopic (exact) mass is 322 g/mol. The van der Waals surface area contributed by atoms with Crippen LogP contribution in [0.3, 0.4) is 0 Å². The number of benzene rings is 2. The van der Waals surface area contributed by atoms with Gasteiger partial charge in [0, 0.05) is 5.41 Å². The van der Waals surface area contributed by atoms with Gasteiger partial charge in [0.05, 0.1) is 12.9 Å². The molecule has 0 saturated heterocycles. The maximum Gasteiger partial charge on any atom is 0.126 e. The summed E-state index contributed by atoms with van der Waals surface area (Å²) in [5, 5.41) is 0. The van der Waals surface area contributed by atoms with Crippen molar-refractivity contribution in [2.24, 2.45) is 0 Å². The van der Waals surface area contributed by atoms with Crippen molar-refractivity contribution >= 4 is 0 Å². The van der Waals surface area contributed by atoms with Gasteiger partial charge in [0.2, 0.25) is 0 Å². The first-order valence-electron chi connectivity index (χ1n) is 8.72. The smallest absolute Gasteiger partial charge is 0.126 e. The van der Waals surface area contributed by atoms with E-state index in [9.17, 15) is 0 Å². The molecule has 0 heterocycles. The van der Waals surface area contributed by atoms with Crippen LogP contribution in [-0.2, 0) is 5.41 Å². The number of methoxy groups -OCH3 is 1. The number of hydrogen-bond donors (Lipinski definition) is 0. The second-order valence-corrected chi connectivity index (χ2v) is 6.70. The van der Waals surface area contributed by atoms with Crippen molar-refractivity contribution in [1.82, 2.24) is 0 Å². The summed E-state index contributed by atoms with van der Waals surface area (Å²) in [6.07, 6.45) is 6.26. The van der Waals surface area contributed by atoms with Gasteiger partial charge in [0.1, 0.15) is 11.5 Å². The van der Waals surface area contributed by atoms with E-state index in [2.05, 4.69) is 55.1 Å². The van der Waals surface area contributed by atoms with E-state index in [-0.39, 0.29) is 5.41 Å². The molecule has 1 fully saturated rings. The number of hydrogen-bond acceptors (Lipinski definition) is 2. The van der Waals surface area contributed by atoms with Gasteiger partial charge in [0.15, 0.2) is 0 Å². The third-order valence-corrected chi connectivity index (χ3v) is 5.05. The number of rotatable bonds is 5. The van der Waals surface area contributed by atoms with Crippen LogP contribution in [0.15, 0.2) is 60.9 Å². The van der Waals surface area contributed by atoms with Gasteiger partial charge in [-0.05, 0) is 55.2 Å².